The van der Waals surface area contributed by atoms with Gasteiger partial charge in [0.25, 0.3) is 5.91 Å². The number of hydrogen-bond acceptors (Lipinski definition) is 6. The van der Waals surface area contributed by atoms with Gasteiger partial charge in [-0.2, -0.15) is 13.2 Å². The van der Waals surface area contributed by atoms with Crippen LogP contribution < -0.4 is 15.5 Å². The molecule has 5 rings (SSSR count). The van der Waals surface area contributed by atoms with Crippen LogP contribution in [0.5, 0.6) is 0 Å². The second kappa shape index (κ2) is 8.90. The summed E-state index contributed by atoms with van der Waals surface area (Å²) in [5.41, 5.74) is 3.24. The van der Waals surface area contributed by atoms with Crippen LogP contribution in [0.15, 0.2) is 18.2 Å². The van der Waals surface area contributed by atoms with Gasteiger partial charge in [-0.3, -0.25) is 19.7 Å². The number of carboxylic acids is 1. The molecule has 0 radical (unpaired) electrons. The first-order chi connectivity index (χ1) is 16.0. The minimum atomic E-state index is -5.08. The van der Waals surface area contributed by atoms with Crippen LogP contribution in [-0.4, -0.2) is 72.1 Å². The first-order valence-electron chi connectivity index (χ1n) is 11.0. The van der Waals surface area contributed by atoms with Gasteiger partial charge >= 0.3 is 12.1 Å². The van der Waals surface area contributed by atoms with Crippen molar-refractivity contribution in [3.05, 3.63) is 29.3 Å². The van der Waals surface area contributed by atoms with Crippen LogP contribution in [0, 0.1) is 5.41 Å². The number of carbonyl (C=O) groups is 4. The number of carbonyl (C=O) groups excluding carboxylic acids is 3. The number of halogens is 3. The van der Waals surface area contributed by atoms with Crippen LogP contribution in [0.1, 0.15) is 41.6 Å². The molecule has 1 spiro atoms. The van der Waals surface area contributed by atoms with Crippen LogP contribution in [0.3, 0.4) is 0 Å². The van der Waals surface area contributed by atoms with Gasteiger partial charge in [0, 0.05) is 50.4 Å². The molecule has 1 aromatic carbocycles. The van der Waals surface area contributed by atoms with Crippen LogP contribution in [0.4, 0.5) is 18.9 Å². The highest BCUT2D eigenvalue weighted by atomic mass is 19.4. The standard InChI is InChI=1S/C20H24N4O3.C2HF3O2/c25-17-4-3-16(18(26)22-17)24-10-13-1-2-14(9-15(13)19(24)27)23-7-5-20(6-8-23)11-21-12-20;3-2(4,5)1(6)7/h1-2,9,16,21H,3-8,10-12H2,(H,22,25,26);(H,6,7)/t16-;/m1./s1. The zero-order valence-corrected chi connectivity index (χ0v) is 18.3. The van der Waals surface area contributed by atoms with Gasteiger partial charge in [-0.1, -0.05) is 6.07 Å². The topological polar surface area (TPSA) is 119 Å². The van der Waals surface area contributed by atoms with Gasteiger partial charge in [0.1, 0.15) is 6.04 Å². The Labute approximate surface area is 193 Å². The molecule has 1 aromatic rings. The quantitative estimate of drug-likeness (QED) is 0.544. The van der Waals surface area contributed by atoms with Crippen LogP contribution in [0.25, 0.3) is 0 Å². The highest BCUT2D eigenvalue weighted by Crippen LogP contribution is 2.37. The lowest BCUT2D eigenvalue weighted by atomic mass is 9.73. The zero-order valence-electron chi connectivity index (χ0n) is 18.3. The Kier molecular flexibility index (Phi) is 6.28. The Morgan fingerprint density at radius 2 is 1.76 bits per heavy atom. The lowest BCUT2D eigenvalue weighted by Crippen LogP contribution is -2.58. The van der Waals surface area contributed by atoms with Crippen molar-refractivity contribution in [2.75, 3.05) is 31.1 Å². The molecular formula is C22H25F3N4O5. The van der Waals surface area contributed by atoms with E-state index in [1.165, 1.54) is 12.8 Å². The molecule has 184 valence electrons. The molecule has 0 unspecified atom stereocenters. The second-order valence-electron chi connectivity index (χ2n) is 9.13. The fourth-order valence-corrected chi connectivity index (χ4v) is 4.81. The Bertz CT molecular complexity index is 1010. The largest absolute Gasteiger partial charge is 0.490 e. The number of rotatable bonds is 2. The van der Waals surface area contributed by atoms with Gasteiger partial charge in [0.2, 0.25) is 11.8 Å². The highest BCUT2D eigenvalue weighted by Gasteiger charge is 2.41. The maximum absolute atomic E-state index is 13.0. The molecule has 0 saturated carbocycles. The van der Waals surface area contributed by atoms with E-state index >= 15 is 0 Å². The van der Waals surface area contributed by atoms with Crippen molar-refractivity contribution in [2.45, 2.75) is 44.4 Å². The monoisotopic (exact) mass is 482 g/mol. The van der Waals surface area contributed by atoms with E-state index in [0.717, 1.165) is 37.4 Å². The molecule has 4 aliphatic heterocycles. The summed E-state index contributed by atoms with van der Waals surface area (Å²) in [5.74, 6) is -3.47. The van der Waals surface area contributed by atoms with E-state index in [-0.39, 0.29) is 24.1 Å². The van der Waals surface area contributed by atoms with E-state index in [2.05, 4.69) is 21.6 Å². The molecule has 4 aliphatic rings. The van der Waals surface area contributed by atoms with E-state index in [4.69, 9.17) is 9.90 Å². The number of nitrogens with one attached hydrogen (secondary N) is 2. The minimum absolute atomic E-state index is 0.0991. The number of amides is 3. The third-order valence-electron chi connectivity index (χ3n) is 6.94. The van der Waals surface area contributed by atoms with Crippen LogP contribution in [-0.2, 0) is 20.9 Å². The summed E-state index contributed by atoms with van der Waals surface area (Å²) in [4.78, 5) is 49.4. The summed E-state index contributed by atoms with van der Waals surface area (Å²) in [6, 6.07) is 5.55. The summed E-state index contributed by atoms with van der Waals surface area (Å²) in [7, 11) is 0. The molecule has 0 aromatic heterocycles. The number of imide groups is 1. The number of aliphatic carboxylic acids is 1. The van der Waals surface area contributed by atoms with E-state index in [9.17, 15) is 27.6 Å². The number of alkyl halides is 3. The van der Waals surface area contributed by atoms with E-state index in [0.29, 0.717) is 23.9 Å². The van der Waals surface area contributed by atoms with E-state index in [1.54, 1.807) is 4.90 Å². The first-order valence-corrected chi connectivity index (χ1v) is 11.0. The molecule has 1 atom stereocenters. The number of piperidine rings is 2. The summed E-state index contributed by atoms with van der Waals surface area (Å²) < 4.78 is 31.7. The van der Waals surface area contributed by atoms with Crippen molar-refractivity contribution >= 4 is 29.4 Å². The molecule has 34 heavy (non-hydrogen) atoms. The smallest absolute Gasteiger partial charge is 0.475 e. The van der Waals surface area contributed by atoms with Gasteiger partial charge in [-0.25, -0.2) is 4.79 Å². The van der Waals surface area contributed by atoms with Crippen LogP contribution in [0.2, 0.25) is 0 Å². The predicted octanol–water partition coefficient (Wildman–Crippen LogP) is 1.27. The molecule has 3 amide bonds. The van der Waals surface area contributed by atoms with Crippen LogP contribution >= 0.6 is 0 Å². The van der Waals surface area contributed by atoms with Gasteiger partial charge < -0.3 is 20.2 Å². The fraction of sp³-hybridized carbons (Fsp3) is 0.545. The summed E-state index contributed by atoms with van der Waals surface area (Å²) >= 11 is 0. The summed E-state index contributed by atoms with van der Waals surface area (Å²) in [6.45, 7) is 4.74. The van der Waals surface area contributed by atoms with Crippen molar-refractivity contribution in [1.29, 1.82) is 0 Å². The Hall–Kier alpha value is -3.15. The number of benzene rings is 1. The Balaban J connectivity index is 0.000000344. The Morgan fingerprint density at radius 3 is 2.29 bits per heavy atom. The van der Waals surface area contributed by atoms with Crippen molar-refractivity contribution in [3.8, 4) is 0 Å². The molecule has 3 fully saturated rings. The summed E-state index contributed by atoms with van der Waals surface area (Å²) in [6.07, 6.45) is -2.02. The van der Waals surface area contributed by atoms with Crippen molar-refractivity contribution < 1.29 is 37.5 Å². The predicted molar refractivity (Wildman–Crippen MR) is 113 cm³/mol. The number of anilines is 1. The number of carboxylic acid groups (broad SMARTS) is 1. The van der Waals surface area contributed by atoms with E-state index < -0.39 is 18.2 Å². The maximum atomic E-state index is 13.0. The maximum Gasteiger partial charge on any atom is 0.490 e. The Morgan fingerprint density at radius 1 is 1.12 bits per heavy atom. The molecule has 9 nitrogen and oxygen atoms in total. The number of fused-ring (bicyclic) bond motifs is 1. The van der Waals surface area contributed by atoms with Crippen molar-refractivity contribution in [3.63, 3.8) is 0 Å². The van der Waals surface area contributed by atoms with Crippen molar-refractivity contribution in [1.82, 2.24) is 15.5 Å². The molecule has 0 bridgehead atoms. The summed E-state index contributed by atoms with van der Waals surface area (Å²) in [5, 5.41) is 12.9. The third-order valence-corrected chi connectivity index (χ3v) is 6.94. The fourth-order valence-electron chi connectivity index (χ4n) is 4.81. The lowest BCUT2D eigenvalue weighted by molar-refractivity contribution is -0.192. The van der Waals surface area contributed by atoms with Crippen molar-refractivity contribution in [2.24, 2.45) is 5.41 Å². The molecular weight excluding hydrogens is 457 g/mol. The average molecular weight is 482 g/mol. The van der Waals surface area contributed by atoms with Gasteiger partial charge in [0.15, 0.2) is 0 Å². The van der Waals surface area contributed by atoms with E-state index in [1.807, 2.05) is 12.1 Å². The molecule has 4 heterocycles. The second-order valence-corrected chi connectivity index (χ2v) is 9.13. The molecule has 3 N–H and O–H groups in total. The number of hydrogen-bond donors (Lipinski definition) is 3. The zero-order chi connectivity index (χ0) is 24.7. The molecule has 0 aliphatic carbocycles. The minimum Gasteiger partial charge on any atom is -0.475 e. The van der Waals surface area contributed by atoms with Gasteiger partial charge in [-0.05, 0) is 42.4 Å². The highest BCUT2D eigenvalue weighted by molar-refractivity contribution is 6.05. The van der Waals surface area contributed by atoms with Gasteiger partial charge in [0.05, 0.1) is 0 Å². The third kappa shape index (κ3) is 4.72. The number of nitrogens with zero attached hydrogens (tertiary/aromatic N) is 2. The normalized spacial score (nSPS) is 23.6. The first kappa shape index (κ1) is 24.0. The average Bonchev–Trinajstić information content (AvgIpc) is 3.08. The molecule has 3 saturated heterocycles. The lowest BCUT2D eigenvalue weighted by Gasteiger charge is -2.49. The molecule has 12 heteroatoms. The SMILES string of the molecule is O=C(O)C(F)(F)F.O=C1CC[C@@H](N2Cc3ccc(N4CCC5(CC4)CNC5)cc3C2=O)C(=O)N1. The van der Waals surface area contributed by atoms with Gasteiger partial charge in [-0.15, -0.1) is 0 Å².